The van der Waals surface area contributed by atoms with Gasteiger partial charge in [-0.15, -0.1) is 0 Å². The lowest BCUT2D eigenvalue weighted by atomic mass is 10.2. The number of nitrogens with zero attached hydrogens (tertiary/aromatic N) is 1. The molecule has 0 bridgehead atoms. The number of rotatable bonds is 5. The molecule has 1 N–H and O–H groups in total. The van der Waals surface area contributed by atoms with Crippen LogP contribution in [-0.4, -0.2) is 19.2 Å². The average Bonchev–Trinajstić information content (AvgIpc) is 2.46. The van der Waals surface area contributed by atoms with E-state index in [2.05, 4.69) is 10.3 Å². The third-order valence-corrected chi connectivity index (χ3v) is 2.92. The lowest BCUT2D eigenvalue weighted by Gasteiger charge is -2.12. The topological polar surface area (TPSA) is 43.4 Å². The molecule has 0 spiro atoms. The second-order valence-electron chi connectivity index (χ2n) is 3.85. The Balaban J connectivity index is 2.13. The summed E-state index contributed by atoms with van der Waals surface area (Å²) in [4.78, 5) is 4.30. The molecule has 0 aliphatic carbocycles. The van der Waals surface area contributed by atoms with E-state index < -0.39 is 0 Å². The maximum atomic E-state index is 5.84. The van der Waals surface area contributed by atoms with Gasteiger partial charge in [0.1, 0.15) is 5.69 Å². The van der Waals surface area contributed by atoms with Crippen LogP contribution in [0.3, 0.4) is 0 Å². The molecule has 0 unspecified atom stereocenters. The van der Waals surface area contributed by atoms with E-state index in [1.807, 2.05) is 24.3 Å². The quantitative estimate of drug-likeness (QED) is 0.911. The van der Waals surface area contributed by atoms with Crippen LogP contribution in [0.25, 0.3) is 0 Å². The van der Waals surface area contributed by atoms with E-state index in [1.54, 1.807) is 26.5 Å². The summed E-state index contributed by atoms with van der Waals surface area (Å²) < 4.78 is 10.6. The molecule has 0 saturated heterocycles. The molecule has 19 heavy (non-hydrogen) atoms. The minimum atomic E-state index is 0.544. The minimum Gasteiger partial charge on any atom is -0.493 e. The molecule has 0 aliphatic rings. The highest BCUT2D eigenvalue weighted by molar-refractivity contribution is 6.30. The number of pyridine rings is 1. The summed E-state index contributed by atoms with van der Waals surface area (Å²) in [5.41, 5.74) is 1.76. The smallest absolute Gasteiger partial charge is 0.184 e. The minimum absolute atomic E-state index is 0.544. The predicted octanol–water partition coefficient (Wildman–Crippen LogP) is 3.36. The Kier molecular flexibility index (Phi) is 4.47. The zero-order valence-electron chi connectivity index (χ0n) is 10.8. The molecule has 1 aromatic carbocycles. The molecule has 0 atom stereocenters. The van der Waals surface area contributed by atoms with Crippen molar-refractivity contribution >= 4 is 17.3 Å². The second-order valence-corrected chi connectivity index (χ2v) is 4.29. The maximum absolute atomic E-state index is 5.84. The van der Waals surface area contributed by atoms with Crippen LogP contribution in [0, 0.1) is 0 Å². The van der Waals surface area contributed by atoms with E-state index in [9.17, 15) is 0 Å². The number of halogens is 1. The van der Waals surface area contributed by atoms with Crippen molar-refractivity contribution in [1.29, 1.82) is 0 Å². The Bertz CT molecular complexity index is 544. The molecular weight excluding hydrogens is 264 g/mol. The molecule has 2 aromatic rings. The summed E-state index contributed by atoms with van der Waals surface area (Å²) in [6, 6.07) is 9.26. The van der Waals surface area contributed by atoms with Gasteiger partial charge in [-0.1, -0.05) is 11.6 Å². The zero-order chi connectivity index (χ0) is 13.7. The largest absolute Gasteiger partial charge is 0.493 e. The van der Waals surface area contributed by atoms with Crippen molar-refractivity contribution in [3.05, 3.63) is 47.2 Å². The van der Waals surface area contributed by atoms with Crippen LogP contribution in [-0.2, 0) is 6.54 Å². The van der Waals surface area contributed by atoms with Crippen LogP contribution in [0.4, 0.5) is 5.69 Å². The van der Waals surface area contributed by atoms with Crippen molar-refractivity contribution in [2.45, 2.75) is 6.54 Å². The van der Waals surface area contributed by atoms with Crippen molar-refractivity contribution in [2.75, 3.05) is 19.5 Å². The lowest BCUT2D eigenvalue weighted by molar-refractivity contribution is 0.350. The standard InChI is InChI=1S/C14H15ClN2O2/c1-18-13-7-8-16-12(14(13)19-2)9-17-11-5-3-10(15)4-6-11/h3-8,17H,9H2,1-2H3. The Labute approximate surface area is 117 Å². The van der Waals surface area contributed by atoms with Crippen molar-refractivity contribution in [3.63, 3.8) is 0 Å². The summed E-state index contributed by atoms with van der Waals surface area (Å²) >= 11 is 5.84. The van der Waals surface area contributed by atoms with E-state index in [-0.39, 0.29) is 0 Å². The molecule has 0 amide bonds. The molecule has 0 aliphatic heterocycles. The van der Waals surface area contributed by atoms with Gasteiger partial charge < -0.3 is 14.8 Å². The van der Waals surface area contributed by atoms with Gasteiger partial charge in [-0.2, -0.15) is 0 Å². The van der Waals surface area contributed by atoms with Crippen LogP contribution < -0.4 is 14.8 Å². The number of hydrogen-bond donors (Lipinski definition) is 1. The summed E-state index contributed by atoms with van der Waals surface area (Å²) in [6.07, 6.45) is 1.69. The third kappa shape index (κ3) is 3.29. The number of nitrogens with one attached hydrogen (secondary N) is 1. The Morgan fingerprint density at radius 3 is 2.47 bits per heavy atom. The van der Waals surface area contributed by atoms with E-state index in [1.165, 1.54) is 0 Å². The van der Waals surface area contributed by atoms with E-state index in [0.717, 1.165) is 11.4 Å². The average molecular weight is 279 g/mol. The van der Waals surface area contributed by atoms with Gasteiger partial charge in [-0.25, -0.2) is 0 Å². The predicted molar refractivity (Wildman–Crippen MR) is 76.1 cm³/mol. The molecule has 5 heteroatoms. The monoisotopic (exact) mass is 278 g/mol. The second kappa shape index (κ2) is 6.29. The van der Waals surface area contributed by atoms with Gasteiger partial charge in [0.15, 0.2) is 11.5 Å². The van der Waals surface area contributed by atoms with E-state index in [4.69, 9.17) is 21.1 Å². The number of ether oxygens (including phenoxy) is 2. The van der Waals surface area contributed by atoms with Gasteiger partial charge >= 0.3 is 0 Å². The Hall–Kier alpha value is -1.94. The Morgan fingerprint density at radius 2 is 1.84 bits per heavy atom. The first-order valence-electron chi connectivity index (χ1n) is 5.80. The fourth-order valence-corrected chi connectivity index (χ4v) is 1.86. The van der Waals surface area contributed by atoms with Crippen LogP contribution in [0.5, 0.6) is 11.5 Å². The number of anilines is 1. The van der Waals surface area contributed by atoms with Crippen molar-refractivity contribution in [3.8, 4) is 11.5 Å². The fourth-order valence-electron chi connectivity index (χ4n) is 1.73. The maximum Gasteiger partial charge on any atom is 0.184 e. The van der Waals surface area contributed by atoms with E-state index >= 15 is 0 Å². The fraction of sp³-hybridized carbons (Fsp3) is 0.214. The van der Waals surface area contributed by atoms with Crippen molar-refractivity contribution in [1.82, 2.24) is 4.98 Å². The molecule has 1 heterocycles. The van der Waals surface area contributed by atoms with Crippen LogP contribution in [0.15, 0.2) is 36.5 Å². The number of methoxy groups -OCH3 is 2. The van der Waals surface area contributed by atoms with Crippen molar-refractivity contribution < 1.29 is 9.47 Å². The van der Waals surface area contributed by atoms with Gasteiger partial charge in [0.05, 0.1) is 20.8 Å². The van der Waals surface area contributed by atoms with Gasteiger partial charge in [-0.3, -0.25) is 4.98 Å². The highest BCUT2D eigenvalue weighted by atomic mass is 35.5. The molecule has 0 saturated carbocycles. The summed E-state index contributed by atoms with van der Waals surface area (Å²) in [5.74, 6) is 1.32. The van der Waals surface area contributed by atoms with Gasteiger partial charge in [0.25, 0.3) is 0 Å². The summed E-state index contributed by atoms with van der Waals surface area (Å²) in [6.45, 7) is 0.544. The van der Waals surface area contributed by atoms with Crippen LogP contribution >= 0.6 is 11.6 Å². The normalized spacial score (nSPS) is 10.1. The SMILES string of the molecule is COc1ccnc(CNc2ccc(Cl)cc2)c1OC. The Morgan fingerprint density at radius 1 is 1.11 bits per heavy atom. The van der Waals surface area contributed by atoms with Crippen LogP contribution in [0.2, 0.25) is 5.02 Å². The van der Waals surface area contributed by atoms with Gasteiger partial charge in [0, 0.05) is 23.0 Å². The van der Waals surface area contributed by atoms with Gasteiger partial charge in [-0.05, 0) is 24.3 Å². The summed E-state index contributed by atoms with van der Waals surface area (Å²) in [7, 11) is 3.21. The lowest BCUT2D eigenvalue weighted by Crippen LogP contribution is -2.05. The van der Waals surface area contributed by atoms with Gasteiger partial charge in [0.2, 0.25) is 0 Å². The highest BCUT2D eigenvalue weighted by Gasteiger charge is 2.10. The summed E-state index contributed by atoms with van der Waals surface area (Å²) in [5, 5.41) is 3.97. The number of aromatic nitrogens is 1. The number of benzene rings is 1. The third-order valence-electron chi connectivity index (χ3n) is 2.67. The highest BCUT2D eigenvalue weighted by Crippen LogP contribution is 2.29. The van der Waals surface area contributed by atoms with Crippen LogP contribution in [0.1, 0.15) is 5.69 Å². The first-order chi connectivity index (χ1) is 9.24. The zero-order valence-corrected chi connectivity index (χ0v) is 11.6. The number of hydrogen-bond acceptors (Lipinski definition) is 4. The first kappa shape index (κ1) is 13.5. The first-order valence-corrected chi connectivity index (χ1v) is 6.17. The molecule has 2 rings (SSSR count). The molecule has 100 valence electrons. The molecule has 0 radical (unpaired) electrons. The molecular formula is C14H15ClN2O2. The molecule has 1 aromatic heterocycles. The van der Waals surface area contributed by atoms with E-state index in [0.29, 0.717) is 23.1 Å². The van der Waals surface area contributed by atoms with Crippen molar-refractivity contribution in [2.24, 2.45) is 0 Å². The molecule has 0 fully saturated rings. The molecule has 4 nitrogen and oxygen atoms in total.